The van der Waals surface area contributed by atoms with Gasteiger partial charge in [-0.2, -0.15) is 4.98 Å². The number of benzene rings is 1. The summed E-state index contributed by atoms with van der Waals surface area (Å²) >= 11 is 0. The van der Waals surface area contributed by atoms with Gasteiger partial charge in [0.2, 0.25) is 5.88 Å². The average molecular weight is 273 g/mol. The summed E-state index contributed by atoms with van der Waals surface area (Å²) in [5.74, 6) is 0.196. The van der Waals surface area contributed by atoms with Crippen LogP contribution >= 0.6 is 0 Å². The number of aromatic nitrogens is 2. The summed E-state index contributed by atoms with van der Waals surface area (Å²) in [6, 6.07) is 7.68. The Bertz CT molecular complexity index is 662. The second-order valence-corrected chi connectivity index (χ2v) is 5.06. The van der Waals surface area contributed by atoms with E-state index >= 15 is 0 Å². The molecule has 0 saturated carbocycles. The number of rotatable bonds is 4. The number of nitrogens with zero attached hydrogens (tertiary/aromatic N) is 1. The number of nitrogens with one attached hydrogen (secondary N) is 2. The third-order valence-electron chi connectivity index (χ3n) is 3.04. The summed E-state index contributed by atoms with van der Waals surface area (Å²) in [4.78, 5) is 18.9. The molecule has 0 radical (unpaired) electrons. The van der Waals surface area contributed by atoms with Crippen LogP contribution in [0.5, 0.6) is 5.88 Å². The second kappa shape index (κ2) is 5.88. The number of H-pyrrole nitrogens is 1. The van der Waals surface area contributed by atoms with Crippen LogP contribution in [-0.2, 0) is 6.54 Å². The number of hydrogen-bond acceptors (Lipinski definition) is 4. The maximum absolute atomic E-state index is 12.2. The van der Waals surface area contributed by atoms with E-state index in [1.165, 1.54) is 0 Å². The molecule has 0 saturated heterocycles. The van der Waals surface area contributed by atoms with Crippen molar-refractivity contribution in [2.75, 3.05) is 0 Å². The van der Waals surface area contributed by atoms with Gasteiger partial charge in [0, 0.05) is 6.04 Å². The maximum Gasteiger partial charge on any atom is 0.262 e. The van der Waals surface area contributed by atoms with Gasteiger partial charge in [-0.3, -0.25) is 4.79 Å². The fraction of sp³-hybridized carbons (Fsp3) is 0.333. The Hall–Kier alpha value is -2.14. The first kappa shape index (κ1) is 14.3. The lowest BCUT2D eigenvalue weighted by molar-refractivity contribution is 0.446. The Labute approximate surface area is 117 Å². The quantitative estimate of drug-likeness (QED) is 0.795. The molecule has 0 aliphatic rings. The van der Waals surface area contributed by atoms with Crippen LogP contribution in [0, 0.1) is 6.92 Å². The molecule has 1 heterocycles. The van der Waals surface area contributed by atoms with Crippen molar-refractivity contribution in [1.82, 2.24) is 15.3 Å². The fourth-order valence-corrected chi connectivity index (χ4v) is 1.99. The largest absolute Gasteiger partial charge is 0.493 e. The highest BCUT2D eigenvalue weighted by Gasteiger charge is 2.14. The van der Waals surface area contributed by atoms with Gasteiger partial charge in [0.1, 0.15) is 11.4 Å². The average Bonchev–Trinajstić information content (AvgIpc) is 2.38. The maximum atomic E-state index is 12.2. The summed E-state index contributed by atoms with van der Waals surface area (Å²) < 4.78 is 0. The standard InChI is InChI=1S/C15H19N3O2/c1-9(2)16-8-12-17-14(19)13(15(20)18-12)11-7-5-4-6-10(11)3/h4-7,9,16H,8H2,1-3H3,(H2,17,18,19,20). The molecule has 1 aromatic heterocycles. The van der Waals surface area contributed by atoms with Crippen molar-refractivity contribution in [1.29, 1.82) is 0 Å². The van der Waals surface area contributed by atoms with Crippen molar-refractivity contribution in [3.63, 3.8) is 0 Å². The van der Waals surface area contributed by atoms with E-state index in [2.05, 4.69) is 15.3 Å². The van der Waals surface area contributed by atoms with Crippen LogP contribution in [-0.4, -0.2) is 21.1 Å². The van der Waals surface area contributed by atoms with E-state index in [1.807, 2.05) is 39.0 Å². The predicted molar refractivity (Wildman–Crippen MR) is 78.7 cm³/mol. The molecule has 0 unspecified atom stereocenters. The fourth-order valence-electron chi connectivity index (χ4n) is 1.99. The van der Waals surface area contributed by atoms with Gasteiger partial charge in [0.25, 0.3) is 5.56 Å². The highest BCUT2D eigenvalue weighted by Crippen LogP contribution is 2.25. The minimum Gasteiger partial charge on any atom is -0.493 e. The van der Waals surface area contributed by atoms with Crippen molar-refractivity contribution in [2.24, 2.45) is 0 Å². The van der Waals surface area contributed by atoms with Crippen LogP contribution in [0.1, 0.15) is 25.2 Å². The van der Waals surface area contributed by atoms with Gasteiger partial charge in [-0.05, 0) is 18.1 Å². The monoisotopic (exact) mass is 273 g/mol. The second-order valence-electron chi connectivity index (χ2n) is 5.06. The van der Waals surface area contributed by atoms with Gasteiger partial charge in [0.15, 0.2) is 0 Å². The van der Waals surface area contributed by atoms with Gasteiger partial charge in [0.05, 0.1) is 6.54 Å². The molecule has 0 bridgehead atoms. The van der Waals surface area contributed by atoms with Crippen LogP contribution in [0.15, 0.2) is 29.1 Å². The summed E-state index contributed by atoms with van der Waals surface area (Å²) in [5.41, 5.74) is 1.51. The van der Waals surface area contributed by atoms with Crippen molar-refractivity contribution in [2.45, 2.75) is 33.4 Å². The molecule has 2 aromatic rings. The molecular formula is C15H19N3O2. The summed E-state index contributed by atoms with van der Waals surface area (Å²) in [7, 11) is 0. The minimum absolute atomic E-state index is 0.219. The zero-order valence-corrected chi connectivity index (χ0v) is 11.9. The molecule has 2 rings (SSSR count). The molecule has 0 atom stereocenters. The zero-order chi connectivity index (χ0) is 14.7. The first-order chi connectivity index (χ1) is 9.49. The van der Waals surface area contributed by atoms with Gasteiger partial charge >= 0.3 is 0 Å². The molecule has 20 heavy (non-hydrogen) atoms. The third-order valence-corrected chi connectivity index (χ3v) is 3.04. The van der Waals surface area contributed by atoms with Crippen molar-refractivity contribution < 1.29 is 5.11 Å². The van der Waals surface area contributed by atoms with E-state index in [0.717, 1.165) is 5.56 Å². The first-order valence-electron chi connectivity index (χ1n) is 6.60. The molecule has 1 aromatic carbocycles. The van der Waals surface area contributed by atoms with Gasteiger partial charge in [-0.25, -0.2) is 0 Å². The van der Waals surface area contributed by atoms with E-state index in [1.54, 1.807) is 6.07 Å². The lowest BCUT2D eigenvalue weighted by Crippen LogP contribution is -2.25. The van der Waals surface area contributed by atoms with E-state index in [-0.39, 0.29) is 23.0 Å². The number of aromatic amines is 1. The molecule has 0 spiro atoms. The number of aromatic hydroxyl groups is 1. The Morgan fingerprint density at radius 1 is 1.35 bits per heavy atom. The molecular weight excluding hydrogens is 254 g/mol. The molecule has 106 valence electrons. The Morgan fingerprint density at radius 3 is 2.65 bits per heavy atom. The molecule has 5 nitrogen and oxygen atoms in total. The number of aryl methyl sites for hydroxylation is 1. The highest BCUT2D eigenvalue weighted by molar-refractivity contribution is 5.70. The van der Waals surface area contributed by atoms with Crippen molar-refractivity contribution in [3.05, 3.63) is 46.0 Å². The first-order valence-corrected chi connectivity index (χ1v) is 6.60. The molecule has 0 amide bonds. The highest BCUT2D eigenvalue weighted by atomic mass is 16.3. The normalized spacial score (nSPS) is 11.0. The van der Waals surface area contributed by atoms with Crippen LogP contribution in [0.2, 0.25) is 0 Å². The van der Waals surface area contributed by atoms with Gasteiger partial charge in [-0.1, -0.05) is 38.1 Å². The molecule has 0 aliphatic carbocycles. The van der Waals surface area contributed by atoms with Crippen LogP contribution in [0.3, 0.4) is 0 Å². The number of hydrogen-bond donors (Lipinski definition) is 3. The Kier molecular flexibility index (Phi) is 4.20. The lowest BCUT2D eigenvalue weighted by atomic mass is 10.0. The third kappa shape index (κ3) is 3.05. The van der Waals surface area contributed by atoms with Crippen molar-refractivity contribution >= 4 is 0 Å². The Balaban J connectivity index is 2.42. The molecule has 5 heteroatoms. The van der Waals surface area contributed by atoms with E-state index in [4.69, 9.17) is 0 Å². The van der Waals surface area contributed by atoms with Gasteiger partial charge in [-0.15, -0.1) is 0 Å². The molecule has 0 fully saturated rings. The molecule has 3 N–H and O–H groups in total. The summed E-state index contributed by atoms with van der Waals surface area (Å²) in [5, 5.41) is 13.2. The summed E-state index contributed by atoms with van der Waals surface area (Å²) in [6.07, 6.45) is 0. The van der Waals surface area contributed by atoms with Crippen LogP contribution < -0.4 is 10.9 Å². The Morgan fingerprint density at radius 2 is 2.05 bits per heavy atom. The lowest BCUT2D eigenvalue weighted by Gasteiger charge is -2.10. The van der Waals surface area contributed by atoms with E-state index < -0.39 is 0 Å². The minimum atomic E-state index is -0.327. The zero-order valence-electron chi connectivity index (χ0n) is 11.9. The summed E-state index contributed by atoms with van der Waals surface area (Å²) in [6.45, 7) is 6.30. The van der Waals surface area contributed by atoms with Crippen LogP contribution in [0.4, 0.5) is 0 Å². The van der Waals surface area contributed by atoms with Crippen LogP contribution in [0.25, 0.3) is 11.1 Å². The topological polar surface area (TPSA) is 78.0 Å². The SMILES string of the molecule is Cc1ccccc1-c1c(O)nc(CNC(C)C)[nH]c1=O. The molecule has 0 aliphatic heterocycles. The van der Waals surface area contributed by atoms with E-state index in [0.29, 0.717) is 17.9 Å². The predicted octanol–water partition coefficient (Wildman–Crippen LogP) is 1.95. The van der Waals surface area contributed by atoms with Gasteiger partial charge < -0.3 is 15.4 Å². The smallest absolute Gasteiger partial charge is 0.262 e. The van der Waals surface area contributed by atoms with Crippen molar-refractivity contribution in [3.8, 4) is 17.0 Å². The van der Waals surface area contributed by atoms with E-state index in [9.17, 15) is 9.90 Å².